The van der Waals surface area contributed by atoms with E-state index in [2.05, 4.69) is 15.0 Å². The normalized spacial score (nSPS) is 18.8. The number of nitrogens with zero attached hydrogens (tertiary/aromatic N) is 4. The quantitative estimate of drug-likeness (QED) is 0.679. The molecule has 0 atom stereocenters. The molecule has 3 heterocycles. The predicted octanol–water partition coefficient (Wildman–Crippen LogP) is 2.67. The number of hydrogen-bond acceptors (Lipinski definition) is 7. The van der Waals surface area contributed by atoms with Gasteiger partial charge in [0.15, 0.2) is 0 Å². The smallest absolute Gasteiger partial charge is 0.308 e. The van der Waals surface area contributed by atoms with Crippen LogP contribution < -0.4 is 0 Å². The summed E-state index contributed by atoms with van der Waals surface area (Å²) in [6.45, 7) is 5.58. The van der Waals surface area contributed by atoms with Crippen molar-refractivity contribution in [2.45, 2.75) is 39.2 Å². The van der Waals surface area contributed by atoms with Gasteiger partial charge in [0, 0.05) is 24.6 Å². The Hall–Kier alpha value is -2.74. The highest BCUT2D eigenvalue weighted by molar-refractivity contribution is 5.79. The van der Waals surface area contributed by atoms with E-state index in [1.54, 1.807) is 0 Å². The van der Waals surface area contributed by atoms with Crippen LogP contribution in [0.5, 0.6) is 0 Å². The molecule has 0 spiro atoms. The number of benzene rings is 1. The van der Waals surface area contributed by atoms with Crippen LogP contribution in [0.15, 0.2) is 28.8 Å². The Balaban J connectivity index is 1.25. The topological polar surface area (TPSA) is 88.8 Å². The van der Waals surface area contributed by atoms with Gasteiger partial charge in [-0.3, -0.25) is 14.5 Å². The first-order chi connectivity index (χ1) is 15.0. The lowest BCUT2D eigenvalue weighted by Crippen LogP contribution is -2.46. The van der Waals surface area contributed by atoms with Crippen molar-refractivity contribution in [1.29, 1.82) is 0 Å². The van der Waals surface area contributed by atoms with E-state index in [1.165, 1.54) is 7.11 Å². The maximum atomic E-state index is 12.9. The fourth-order valence-corrected chi connectivity index (χ4v) is 4.54. The number of aryl methyl sites for hydroxylation is 1. The van der Waals surface area contributed by atoms with Crippen molar-refractivity contribution in [3.8, 4) is 11.4 Å². The van der Waals surface area contributed by atoms with Crippen molar-refractivity contribution in [3.63, 3.8) is 0 Å². The molecule has 2 aromatic rings. The van der Waals surface area contributed by atoms with Crippen LogP contribution in [0.1, 0.15) is 37.1 Å². The first-order valence-electron chi connectivity index (χ1n) is 11.0. The molecule has 1 aromatic heterocycles. The summed E-state index contributed by atoms with van der Waals surface area (Å²) in [5, 5.41) is 4.14. The maximum Gasteiger partial charge on any atom is 0.308 e. The molecule has 2 saturated heterocycles. The molecule has 2 fully saturated rings. The van der Waals surface area contributed by atoms with Crippen molar-refractivity contribution in [2.24, 2.45) is 11.8 Å². The zero-order valence-corrected chi connectivity index (χ0v) is 18.2. The van der Waals surface area contributed by atoms with Gasteiger partial charge in [0.25, 0.3) is 0 Å². The third-order valence-electron chi connectivity index (χ3n) is 6.49. The summed E-state index contributed by atoms with van der Waals surface area (Å²) in [6.07, 6.45) is 3.04. The second-order valence-electron chi connectivity index (χ2n) is 8.50. The lowest BCUT2D eigenvalue weighted by molar-refractivity contribution is -0.150. The molecular formula is C23H30N4O4. The fourth-order valence-electron chi connectivity index (χ4n) is 4.54. The summed E-state index contributed by atoms with van der Waals surface area (Å²) < 4.78 is 10.3. The van der Waals surface area contributed by atoms with E-state index in [1.807, 2.05) is 36.1 Å². The fraction of sp³-hybridized carbons (Fsp3) is 0.565. The molecule has 1 aromatic carbocycles. The standard InChI is InChI=1S/C23H30N4O4/c1-16-5-3-4-6-19(16)21-24-20(31-25-21)15-26-11-7-17(8-12-26)22(28)27-13-9-18(10-14-27)23(29)30-2/h3-6,17-18H,7-15H2,1-2H3. The average Bonchev–Trinajstić information content (AvgIpc) is 3.27. The Morgan fingerprint density at radius 3 is 2.42 bits per heavy atom. The predicted molar refractivity (Wildman–Crippen MR) is 114 cm³/mol. The lowest BCUT2D eigenvalue weighted by Gasteiger charge is -2.36. The van der Waals surface area contributed by atoms with Gasteiger partial charge in [0.2, 0.25) is 17.6 Å². The number of carbonyl (C=O) groups is 2. The highest BCUT2D eigenvalue weighted by Crippen LogP contribution is 2.26. The molecule has 2 aliphatic rings. The summed E-state index contributed by atoms with van der Waals surface area (Å²) >= 11 is 0. The van der Waals surface area contributed by atoms with E-state index in [-0.39, 0.29) is 23.7 Å². The summed E-state index contributed by atoms with van der Waals surface area (Å²) in [5.74, 6) is 1.27. The lowest BCUT2D eigenvalue weighted by atomic mass is 9.92. The van der Waals surface area contributed by atoms with E-state index in [9.17, 15) is 9.59 Å². The van der Waals surface area contributed by atoms with Gasteiger partial charge >= 0.3 is 5.97 Å². The van der Waals surface area contributed by atoms with Crippen molar-refractivity contribution in [1.82, 2.24) is 19.9 Å². The van der Waals surface area contributed by atoms with Crippen LogP contribution in [0.4, 0.5) is 0 Å². The number of aromatic nitrogens is 2. The molecular weight excluding hydrogens is 396 g/mol. The molecule has 166 valence electrons. The largest absolute Gasteiger partial charge is 0.469 e. The molecule has 2 aliphatic heterocycles. The molecule has 0 bridgehead atoms. The average molecular weight is 427 g/mol. The number of piperidine rings is 2. The van der Waals surface area contributed by atoms with Gasteiger partial charge < -0.3 is 14.2 Å². The van der Waals surface area contributed by atoms with Gasteiger partial charge in [-0.05, 0) is 51.3 Å². The van der Waals surface area contributed by atoms with E-state index < -0.39 is 0 Å². The highest BCUT2D eigenvalue weighted by Gasteiger charge is 2.33. The van der Waals surface area contributed by atoms with E-state index in [0.717, 1.165) is 37.1 Å². The molecule has 0 saturated carbocycles. The number of rotatable bonds is 5. The number of carbonyl (C=O) groups excluding carboxylic acids is 2. The van der Waals surface area contributed by atoms with Gasteiger partial charge in [-0.25, -0.2) is 0 Å². The summed E-state index contributed by atoms with van der Waals surface area (Å²) in [6, 6.07) is 7.99. The molecule has 0 radical (unpaired) electrons. The van der Waals surface area contributed by atoms with Crippen LogP contribution in [0.3, 0.4) is 0 Å². The SMILES string of the molecule is COC(=O)C1CCN(C(=O)C2CCN(Cc3nc(-c4ccccc4C)no3)CC2)CC1. The summed E-state index contributed by atoms with van der Waals surface area (Å²) in [4.78, 5) is 33.3. The Kier molecular flexibility index (Phi) is 6.65. The van der Waals surface area contributed by atoms with Crippen LogP contribution in [0.25, 0.3) is 11.4 Å². The molecule has 8 heteroatoms. The first-order valence-corrected chi connectivity index (χ1v) is 11.0. The van der Waals surface area contributed by atoms with Crippen molar-refractivity contribution < 1.29 is 18.8 Å². The zero-order chi connectivity index (χ0) is 21.8. The number of hydrogen-bond donors (Lipinski definition) is 0. The molecule has 0 aliphatic carbocycles. The molecule has 4 rings (SSSR count). The van der Waals surface area contributed by atoms with Crippen molar-refractivity contribution >= 4 is 11.9 Å². The Morgan fingerprint density at radius 1 is 1.06 bits per heavy atom. The molecule has 1 amide bonds. The van der Waals surface area contributed by atoms with Gasteiger partial charge in [0.05, 0.1) is 19.6 Å². The second-order valence-corrected chi connectivity index (χ2v) is 8.50. The molecule has 31 heavy (non-hydrogen) atoms. The third kappa shape index (κ3) is 4.95. The molecule has 8 nitrogen and oxygen atoms in total. The number of likely N-dealkylation sites (tertiary alicyclic amines) is 2. The third-order valence-corrected chi connectivity index (χ3v) is 6.49. The van der Waals surface area contributed by atoms with E-state index >= 15 is 0 Å². The van der Waals surface area contributed by atoms with Crippen LogP contribution in [0, 0.1) is 18.8 Å². The van der Waals surface area contributed by atoms with Gasteiger partial charge in [-0.15, -0.1) is 0 Å². The van der Waals surface area contributed by atoms with Gasteiger partial charge in [-0.1, -0.05) is 29.4 Å². The van der Waals surface area contributed by atoms with Gasteiger partial charge in [0.1, 0.15) is 0 Å². The monoisotopic (exact) mass is 426 g/mol. The summed E-state index contributed by atoms with van der Waals surface area (Å²) in [5.41, 5.74) is 2.10. The Labute approximate surface area is 182 Å². The minimum absolute atomic E-state index is 0.0520. The maximum absolute atomic E-state index is 12.9. The molecule has 0 unspecified atom stereocenters. The number of methoxy groups -OCH3 is 1. The number of amides is 1. The highest BCUT2D eigenvalue weighted by atomic mass is 16.5. The van der Waals surface area contributed by atoms with E-state index in [4.69, 9.17) is 9.26 Å². The minimum Gasteiger partial charge on any atom is -0.469 e. The number of esters is 1. The Morgan fingerprint density at radius 2 is 1.74 bits per heavy atom. The second kappa shape index (κ2) is 9.60. The van der Waals surface area contributed by atoms with Crippen LogP contribution in [-0.4, -0.2) is 65.1 Å². The van der Waals surface area contributed by atoms with Crippen molar-refractivity contribution in [2.75, 3.05) is 33.3 Å². The van der Waals surface area contributed by atoms with Crippen LogP contribution >= 0.6 is 0 Å². The number of ether oxygens (including phenoxy) is 1. The first kappa shape index (κ1) is 21.5. The van der Waals surface area contributed by atoms with Gasteiger partial charge in [-0.2, -0.15) is 4.98 Å². The minimum atomic E-state index is -0.160. The van der Waals surface area contributed by atoms with E-state index in [0.29, 0.717) is 44.2 Å². The zero-order valence-electron chi connectivity index (χ0n) is 18.2. The van der Waals surface area contributed by atoms with Crippen LogP contribution in [-0.2, 0) is 20.9 Å². The van der Waals surface area contributed by atoms with Crippen molar-refractivity contribution in [3.05, 3.63) is 35.7 Å². The van der Waals surface area contributed by atoms with Crippen LogP contribution in [0.2, 0.25) is 0 Å². The summed E-state index contributed by atoms with van der Waals surface area (Å²) in [7, 11) is 1.42. The molecule has 0 N–H and O–H groups in total. The Bertz CT molecular complexity index is 912.